The molecular weight excluding hydrogens is 378 g/mol. The van der Waals surface area contributed by atoms with Gasteiger partial charge in [-0.3, -0.25) is 14.6 Å². The highest BCUT2D eigenvalue weighted by molar-refractivity contribution is 7.18. The Kier molecular flexibility index (Phi) is 4.88. The Morgan fingerprint density at radius 3 is 2.77 bits per heavy atom. The average molecular weight is 394 g/mol. The van der Waals surface area contributed by atoms with Crippen LogP contribution in [0.5, 0.6) is 5.75 Å². The minimum atomic E-state index is -1.03. The number of aromatic amines is 1. The van der Waals surface area contributed by atoms with E-state index in [-0.39, 0.29) is 0 Å². The lowest BCUT2D eigenvalue weighted by atomic mass is 10.2. The molecule has 0 bridgehead atoms. The lowest BCUT2D eigenvalue weighted by molar-refractivity contribution is -0.119. The SMILES string of the molecule is COc1ccc(Cl)cc1NC(=O)C(C)n1c(=O)[nH]c2sc(C)cc2c1=O. The Morgan fingerprint density at radius 1 is 1.35 bits per heavy atom. The second-order valence-corrected chi connectivity index (χ2v) is 7.41. The van der Waals surface area contributed by atoms with Crippen molar-refractivity contribution in [2.24, 2.45) is 0 Å². The summed E-state index contributed by atoms with van der Waals surface area (Å²) >= 11 is 7.27. The zero-order chi connectivity index (χ0) is 19.0. The monoisotopic (exact) mass is 393 g/mol. The van der Waals surface area contributed by atoms with Crippen LogP contribution in [0.4, 0.5) is 5.69 Å². The van der Waals surface area contributed by atoms with Crippen LogP contribution in [0.2, 0.25) is 5.02 Å². The van der Waals surface area contributed by atoms with Gasteiger partial charge < -0.3 is 10.1 Å². The van der Waals surface area contributed by atoms with E-state index in [0.717, 1.165) is 9.44 Å². The van der Waals surface area contributed by atoms with Crippen molar-refractivity contribution in [2.45, 2.75) is 19.9 Å². The van der Waals surface area contributed by atoms with Crippen LogP contribution in [0.25, 0.3) is 10.2 Å². The van der Waals surface area contributed by atoms with Gasteiger partial charge in [0, 0.05) is 9.90 Å². The molecule has 0 radical (unpaired) electrons. The molecule has 136 valence electrons. The highest BCUT2D eigenvalue weighted by atomic mass is 35.5. The third kappa shape index (κ3) is 3.25. The van der Waals surface area contributed by atoms with E-state index in [0.29, 0.717) is 26.7 Å². The number of halogens is 1. The van der Waals surface area contributed by atoms with E-state index in [1.165, 1.54) is 31.4 Å². The molecule has 0 spiro atoms. The van der Waals surface area contributed by atoms with Gasteiger partial charge in [-0.2, -0.15) is 0 Å². The topological polar surface area (TPSA) is 93.2 Å². The number of H-pyrrole nitrogens is 1. The van der Waals surface area contributed by atoms with E-state index < -0.39 is 23.2 Å². The lowest BCUT2D eigenvalue weighted by Gasteiger charge is -2.16. The zero-order valence-corrected chi connectivity index (χ0v) is 15.8. The van der Waals surface area contributed by atoms with Crippen molar-refractivity contribution in [3.63, 3.8) is 0 Å². The second kappa shape index (κ2) is 6.97. The highest BCUT2D eigenvalue weighted by Gasteiger charge is 2.22. The number of fused-ring (bicyclic) bond motifs is 1. The number of carbonyl (C=O) groups excluding carboxylic acids is 1. The van der Waals surface area contributed by atoms with E-state index in [1.54, 1.807) is 18.2 Å². The second-order valence-electron chi connectivity index (χ2n) is 5.71. The Hall–Kier alpha value is -2.58. The van der Waals surface area contributed by atoms with Gasteiger partial charge in [0.25, 0.3) is 5.56 Å². The van der Waals surface area contributed by atoms with Gasteiger partial charge in [-0.15, -0.1) is 11.3 Å². The summed E-state index contributed by atoms with van der Waals surface area (Å²) in [6.07, 6.45) is 0. The van der Waals surface area contributed by atoms with Crippen molar-refractivity contribution in [3.8, 4) is 5.75 Å². The Labute approximate surface area is 157 Å². The van der Waals surface area contributed by atoms with Gasteiger partial charge in [0.15, 0.2) is 0 Å². The third-order valence-electron chi connectivity index (χ3n) is 3.93. The van der Waals surface area contributed by atoms with Gasteiger partial charge in [0.1, 0.15) is 16.6 Å². The summed E-state index contributed by atoms with van der Waals surface area (Å²) in [6.45, 7) is 3.32. The maximum Gasteiger partial charge on any atom is 0.330 e. The lowest BCUT2D eigenvalue weighted by Crippen LogP contribution is -2.41. The van der Waals surface area contributed by atoms with Crippen molar-refractivity contribution in [2.75, 3.05) is 12.4 Å². The van der Waals surface area contributed by atoms with Crippen LogP contribution in [0.1, 0.15) is 17.8 Å². The number of nitrogens with one attached hydrogen (secondary N) is 2. The molecule has 26 heavy (non-hydrogen) atoms. The number of rotatable bonds is 4. The van der Waals surface area contributed by atoms with Gasteiger partial charge in [0.05, 0.1) is 18.2 Å². The molecule has 0 aliphatic rings. The number of aromatic nitrogens is 2. The first-order chi connectivity index (χ1) is 12.3. The molecule has 3 rings (SSSR count). The summed E-state index contributed by atoms with van der Waals surface area (Å²) < 4.78 is 6.09. The molecule has 0 aliphatic carbocycles. The smallest absolute Gasteiger partial charge is 0.330 e. The highest BCUT2D eigenvalue weighted by Crippen LogP contribution is 2.28. The van der Waals surface area contributed by atoms with Crippen LogP contribution in [-0.2, 0) is 4.79 Å². The number of hydrogen-bond donors (Lipinski definition) is 2. The molecule has 0 fully saturated rings. The molecule has 7 nitrogen and oxygen atoms in total. The molecule has 1 amide bonds. The van der Waals surface area contributed by atoms with E-state index in [2.05, 4.69) is 10.3 Å². The molecule has 0 saturated carbocycles. The summed E-state index contributed by atoms with van der Waals surface area (Å²) in [5.74, 6) is -0.121. The average Bonchev–Trinajstić information content (AvgIpc) is 2.95. The molecule has 1 atom stereocenters. The number of methoxy groups -OCH3 is 1. The first kappa shape index (κ1) is 18.2. The predicted molar refractivity (Wildman–Crippen MR) is 103 cm³/mol. The molecule has 0 aliphatic heterocycles. The maximum atomic E-state index is 12.7. The number of carbonyl (C=O) groups is 1. The maximum absolute atomic E-state index is 12.7. The molecule has 0 saturated heterocycles. The summed E-state index contributed by atoms with van der Waals surface area (Å²) in [4.78, 5) is 41.7. The fraction of sp³-hybridized carbons (Fsp3) is 0.235. The first-order valence-electron chi connectivity index (χ1n) is 7.71. The number of benzene rings is 1. The summed E-state index contributed by atoms with van der Waals surface area (Å²) in [5, 5.41) is 3.45. The predicted octanol–water partition coefficient (Wildman–Crippen LogP) is 2.92. The fourth-order valence-corrected chi connectivity index (χ4v) is 3.69. The molecule has 2 N–H and O–H groups in total. The molecular formula is C17H16ClN3O4S. The number of ether oxygens (including phenoxy) is 1. The fourth-order valence-electron chi connectivity index (χ4n) is 2.63. The summed E-state index contributed by atoms with van der Waals surface area (Å²) in [7, 11) is 1.46. The van der Waals surface area contributed by atoms with Gasteiger partial charge in [0.2, 0.25) is 5.91 Å². The largest absolute Gasteiger partial charge is 0.495 e. The quantitative estimate of drug-likeness (QED) is 0.712. The number of hydrogen-bond acceptors (Lipinski definition) is 5. The Morgan fingerprint density at radius 2 is 2.08 bits per heavy atom. The van der Waals surface area contributed by atoms with E-state index in [9.17, 15) is 14.4 Å². The minimum Gasteiger partial charge on any atom is -0.495 e. The van der Waals surface area contributed by atoms with Crippen molar-refractivity contribution < 1.29 is 9.53 Å². The van der Waals surface area contributed by atoms with Crippen LogP contribution >= 0.6 is 22.9 Å². The number of anilines is 1. The normalized spacial score (nSPS) is 12.2. The summed E-state index contributed by atoms with van der Waals surface area (Å²) in [5.41, 5.74) is -0.785. The van der Waals surface area contributed by atoms with Crippen LogP contribution in [0.3, 0.4) is 0 Å². The number of thiophene rings is 1. The van der Waals surface area contributed by atoms with Gasteiger partial charge >= 0.3 is 5.69 Å². The minimum absolute atomic E-state index is 0.355. The van der Waals surface area contributed by atoms with Crippen molar-refractivity contribution in [1.29, 1.82) is 0 Å². The van der Waals surface area contributed by atoms with Crippen molar-refractivity contribution in [1.82, 2.24) is 9.55 Å². The molecule has 9 heteroatoms. The van der Waals surface area contributed by atoms with Crippen molar-refractivity contribution in [3.05, 3.63) is 55.0 Å². The van der Waals surface area contributed by atoms with E-state index >= 15 is 0 Å². The van der Waals surface area contributed by atoms with E-state index in [1.807, 2.05) is 6.92 Å². The summed E-state index contributed by atoms with van der Waals surface area (Å²) in [6, 6.07) is 5.44. The molecule has 1 aromatic carbocycles. The Bertz CT molecular complexity index is 1120. The number of nitrogens with zero attached hydrogens (tertiary/aromatic N) is 1. The molecule has 2 heterocycles. The number of amides is 1. The van der Waals surface area contributed by atoms with Crippen LogP contribution in [0, 0.1) is 6.92 Å². The van der Waals surface area contributed by atoms with Crippen LogP contribution in [-0.4, -0.2) is 22.6 Å². The Balaban J connectivity index is 1.99. The van der Waals surface area contributed by atoms with E-state index in [4.69, 9.17) is 16.3 Å². The van der Waals surface area contributed by atoms with Crippen LogP contribution in [0.15, 0.2) is 33.9 Å². The zero-order valence-electron chi connectivity index (χ0n) is 14.3. The van der Waals surface area contributed by atoms with Gasteiger partial charge in [-0.05, 0) is 38.1 Å². The first-order valence-corrected chi connectivity index (χ1v) is 8.90. The van der Waals surface area contributed by atoms with Gasteiger partial charge in [-0.25, -0.2) is 9.36 Å². The number of aryl methyl sites for hydroxylation is 1. The standard InChI is InChI=1S/C17H16ClN3O4S/c1-8-6-11-15(26-8)20-17(24)21(16(11)23)9(2)14(22)19-12-7-10(18)4-5-13(12)25-3/h4-7,9H,1-3H3,(H,19,22)(H,20,24). The molecule has 1 unspecified atom stereocenters. The van der Waals surface area contributed by atoms with Gasteiger partial charge in [-0.1, -0.05) is 11.6 Å². The molecule has 3 aromatic rings. The third-order valence-corrected chi connectivity index (χ3v) is 5.13. The van der Waals surface area contributed by atoms with Crippen molar-refractivity contribution >= 4 is 44.7 Å². The molecule has 2 aromatic heterocycles. The van der Waals surface area contributed by atoms with Crippen LogP contribution < -0.4 is 21.3 Å².